The Kier molecular flexibility index (Phi) is 1.91. The van der Waals surface area contributed by atoms with Gasteiger partial charge >= 0.3 is 0 Å². The number of ether oxygens (including phenoxy) is 1. The predicted octanol–water partition coefficient (Wildman–Crippen LogP) is 0.480. The van der Waals surface area contributed by atoms with Crippen molar-refractivity contribution in [3.8, 4) is 0 Å². The third kappa shape index (κ3) is 1.74. The average Bonchev–Trinajstić information content (AvgIpc) is 1.86. The molecule has 11 heavy (non-hydrogen) atoms. The SMILES string of the molecule is COC1=C(N)CC(C)(N)C=C1. The van der Waals surface area contributed by atoms with Gasteiger partial charge in [-0.1, -0.05) is 6.08 Å². The first-order chi connectivity index (χ1) is 5.05. The van der Waals surface area contributed by atoms with E-state index in [0.29, 0.717) is 6.42 Å². The molecule has 0 saturated heterocycles. The minimum absolute atomic E-state index is 0.313. The van der Waals surface area contributed by atoms with Gasteiger partial charge in [0.1, 0.15) is 5.76 Å². The summed E-state index contributed by atoms with van der Waals surface area (Å²) in [5.74, 6) is 0.730. The molecule has 0 aromatic carbocycles. The van der Waals surface area contributed by atoms with Gasteiger partial charge in [0, 0.05) is 12.0 Å². The molecule has 1 aliphatic carbocycles. The van der Waals surface area contributed by atoms with E-state index in [4.69, 9.17) is 16.2 Å². The molecule has 0 radical (unpaired) electrons. The minimum atomic E-state index is -0.313. The second-order valence-corrected chi connectivity index (χ2v) is 3.11. The second-order valence-electron chi connectivity index (χ2n) is 3.11. The zero-order valence-corrected chi connectivity index (χ0v) is 6.92. The van der Waals surface area contributed by atoms with E-state index in [1.807, 2.05) is 19.1 Å². The van der Waals surface area contributed by atoms with Crippen LogP contribution in [0.4, 0.5) is 0 Å². The Bertz CT molecular complexity index is 216. The third-order valence-electron chi connectivity index (χ3n) is 1.72. The van der Waals surface area contributed by atoms with Crippen LogP contribution in [0.15, 0.2) is 23.6 Å². The summed E-state index contributed by atoms with van der Waals surface area (Å²) in [6.45, 7) is 1.93. The first-order valence-electron chi connectivity index (χ1n) is 3.56. The Morgan fingerprint density at radius 2 is 2.27 bits per heavy atom. The van der Waals surface area contributed by atoms with Crippen molar-refractivity contribution in [1.29, 1.82) is 0 Å². The van der Waals surface area contributed by atoms with Crippen molar-refractivity contribution in [2.24, 2.45) is 11.5 Å². The van der Waals surface area contributed by atoms with Gasteiger partial charge in [0.15, 0.2) is 0 Å². The zero-order chi connectivity index (χ0) is 8.48. The minimum Gasteiger partial charge on any atom is -0.495 e. The molecule has 0 aliphatic heterocycles. The Hall–Kier alpha value is -0.960. The maximum atomic E-state index is 5.83. The van der Waals surface area contributed by atoms with Crippen LogP contribution in [-0.2, 0) is 4.74 Å². The van der Waals surface area contributed by atoms with Gasteiger partial charge in [0.25, 0.3) is 0 Å². The number of hydrogen-bond acceptors (Lipinski definition) is 3. The van der Waals surface area contributed by atoms with Crippen LogP contribution in [0, 0.1) is 0 Å². The van der Waals surface area contributed by atoms with Crippen molar-refractivity contribution in [2.75, 3.05) is 7.11 Å². The Labute approximate surface area is 66.7 Å². The number of nitrogens with two attached hydrogens (primary N) is 2. The molecule has 3 heteroatoms. The van der Waals surface area contributed by atoms with E-state index in [2.05, 4.69) is 0 Å². The number of rotatable bonds is 1. The fourth-order valence-corrected chi connectivity index (χ4v) is 1.13. The molecule has 4 N–H and O–H groups in total. The summed E-state index contributed by atoms with van der Waals surface area (Å²) in [6.07, 6.45) is 4.38. The van der Waals surface area contributed by atoms with Crippen LogP contribution in [0.3, 0.4) is 0 Å². The predicted molar refractivity (Wildman–Crippen MR) is 44.6 cm³/mol. The van der Waals surface area contributed by atoms with Crippen molar-refractivity contribution >= 4 is 0 Å². The first-order valence-corrected chi connectivity index (χ1v) is 3.56. The van der Waals surface area contributed by atoms with E-state index >= 15 is 0 Å². The van der Waals surface area contributed by atoms with Crippen LogP contribution >= 0.6 is 0 Å². The summed E-state index contributed by atoms with van der Waals surface area (Å²) in [6, 6.07) is 0. The normalized spacial score (nSPS) is 30.8. The van der Waals surface area contributed by atoms with Gasteiger partial charge in [-0.3, -0.25) is 0 Å². The summed E-state index contributed by atoms with van der Waals surface area (Å²) in [4.78, 5) is 0. The lowest BCUT2D eigenvalue weighted by atomic mass is 9.92. The quantitative estimate of drug-likeness (QED) is 0.577. The van der Waals surface area contributed by atoms with Gasteiger partial charge in [-0.15, -0.1) is 0 Å². The lowest BCUT2D eigenvalue weighted by molar-refractivity contribution is 0.294. The molecule has 0 aromatic heterocycles. The molecule has 0 aromatic rings. The standard InChI is InChI=1S/C8H14N2O/c1-8(10)4-3-7(11-2)6(9)5-8/h3-4H,5,9-10H2,1-2H3. The molecule has 1 rings (SSSR count). The van der Waals surface area contributed by atoms with E-state index in [9.17, 15) is 0 Å². The van der Waals surface area contributed by atoms with Gasteiger partial charge < -0.3 is 16.2 Å². The molecule has 0 fully saturated rings. The van der Waals surface area contributed by atoms with Crippen LogP contribution in [0.2, 0.25) is 0 Å². The highest BCUT2D eigenvalue weighted by Gasteiger charge is 2.21. The maximum absolute atomic E-state index is 5.83. The molecule has 1 unspecified atom stereocenters. The van der Waals surface area contributed by atoms with E-state index in [1.54, 1.807) is 7.11 Å². The summed E-state index contributed by atoms with van der Waals surface area (Å²) in [5.41, 5.74) is 11.9. The molecule has 3 nitrogen and oxygen atoms in total. The highest BCUT2D eigenvalue weighted by atomic mass is 16.5. The topological polar surface area (TPSA) is 61.3 Å². The van der Waals surface area contributed by atoms with Crippen LogP contribution in [-0.4, -0.2) is 12.6 Å². The fourth-order valence-electron chi connectivity index (χ4n) is 1.13. The second kappa shape index (κ2) is 2.58. The van der Waals surface area contributed by atoms with Gasteiger partial charge in [-0.2, -0.15) is 0 Å². The van der Waals surface area contributed by atoms with Gasteiger partial charge in [0.05, 0.1) is 12.8 Å². The Balaban J connectivity index is 2.82. The van der Waals surface area contributed by atoms with Crippen LogP contribution < -0.4 is 11.5 Å². The molecule has 0 bridgehead atoms. The summed E-state index contributed by atoms with van der Waals surface area (Å²) in [5, 5.41) is 0. The van der Waals surface area contributed by atoms with E-state index < -0.39 is 0 Å². The Morgan fingerprint density at radius 1 is 1.64 bits per heavy atom. The third-order valence-corrected chi connectivity index (χ3v) is 1.72. The van der Waals surface area contributed by atoms with Gasteiger partial charge in [-0.25, -0.2) is 0 Å². The first kappa shape index (κ1) is 8.14. The largest absolute Gasteiger partial charge is 0.495 e. The number of methoxy groups -OCH3 is 1. The lowest BCUT2D eigenvalue weighted by Gasteiger charge is -2.25. The molecular formula is C8H14N2O. The Morgan fingerprint density at radius 3 is 2.73 bits per heavy atom. The molecule has 0 spiro atoms. The fraction of sp³-hybridized carbons (Fsp3) is 0.500. The average molecular weight is 154 g/mol. The van der Waals surface area contributed by atoms with Crippen molar-refractivity contribution < 1.29 is 4.74 Å². The van der Waals surface area contributed by atoms with E-state index in [-0.39, 0.29) is 5.54 Å². The molecule has 0 saturated carbocycles. The van der Waals surface area contributed by atoms with Crippen LogP contribution in [0.5, 0.6) is 0 Å². The smallest absolute Gasteiger partial charge is 0.137 e. The highest BCUT2D eigenvalue weighted by Crippen LogP contribution is 2.21. The van der Waals surface area contributed by atoms with Crippen molar-refractivity contribution in [3.63, 3.8) is 0 Å². The number of allylic oxidation sites excluding steroid dienone is 1. The van der Waals surface area contributed by atoms with Crippen LogP contribution in [0.1, 0.15) is 13.3 Å². The van der Waals surface area contributed by atoms with Crippen LogP contribution in [0.25, 0.3) is 0 Å². The molecule has 1 atom stereocenters. The molecular weight excluding hydrogens is 140 g/mol. The maximum Gasteiger partial charge on any atom is 0.137 e. The molecule has 62 valence electrons. The highest BCUT2D eigenvalue weighted by molar-refractivity contribution is 5.29. The van der Waals surface area contributed by atoms with Crippen molar-refractivity contribution in [3.05, 3.63) is 23.6 Å². The van der Waals surface area contributed by atoms with E-state index in [0.717, 1.165) is 11.5 Å². The van der Waals surface area contributed by atoms with Crippen molar-refractivity contribution in [1.82, 2.24) is 0 Å². The lowest BCUT2D eigenvalue weighted by Crippen LogP contribution is -2.37. The summed E-state index contributed by atoms with van der Waals surface area (Å²) in [7, 11) is 1.60. The molecule has 0 heterocycles. The van der Waals surface area contributed by atoms with E-state index in [1.165, 1.54) is 0 Å². The van der Waals surface area contributed by atoms with Gasteiger partial charge in [-0.05, 0) is 13.0 Å². The summed E-state index contributed by atoms with van der Waals surface area (Å²) >= 11 is 0. The zero-order valence-electron chi connectivity index (χ0n) is 6.92. The van der Waals surface area contributed by atoms with Gasteiger partial charge in [0.2, 0.25) is 0 Å². The van der Waals surface area contributed by atoms with Crippen molar-refractivity contribution in [2.45, 2.75) is 18.9 Å². The molecule has 0 amide bonds. The number of hydrogen-bond donors (Lipinski definition) is 2. The molecule has 1 aliphatic rings. The monoisotopic (exact) mass is 154 g/mol. The summed E-state index contributed by atoms with van der Waals surface area (Å²) < 4.78 is 5.01.